The molecule has 0 fully saturated rings. The molecular formula is C9H8Cl2O. The van der Waals surface area contributed by atoms with Crippen LogP contribution >= 0.6 is 23.2 Å². The SMILES string of the molecule is CC=Cc1cc(Cl)c(O)c(Cl)c1. The molecule has 0 aliphatic carbocycles. The summed E-state index contributed by atoms with van der Waals surface area (Å²) in [6.07, 6.45) is 3.73. The van der Waals surface area contributed by atoms with Crippen molar-refractivity contribution in [2.45, 2.75) is 6.92 Å². The average Bonchev–Trinajstić information content (AvgIpc) is 2.01. The highest BCUT2D eigenvalue weighted by molar-refractivity contribution is 6.37. The zero-order chi connectivity index (χ0) is 9.14. The minimum atomic E-state index is -0.0633. The van der Waals surface area contributed by atoms with Gasteiger partial charge in [-0.15, -0.1) is 0 Å². The highest BCUT2D eigenvalue weighted by Gasteiger charge is 2.04. The van der Waals surface area contributed by atoms with Crippen LogP contribution in [0.5, 0.6) is 5.75 Å². The van der Waals surface area contributed by atoms with E-state index in [0.29, 0.717) is 0 Å². The van der Waals surface area contributed by atoms with Crippen molar-refractivity contribution in [2.75, 3.05) is 0 Å². The summed E-state index contributed by atoms with van der Waals surface area (Å²) in [6, 6.07) is 3.31. The Kier molecular flexibility index (Phi) is 3.01. The Balaban J connectivity index is 3.21. The molecule has 1 rings (SSSR count). The Morgan fingerprint density at radius 1 is 1.25 bits per heavy atom. The second-order valence-electron chi connectivity index (χ2n) is 2.33. The number of phenolic OH excluding ortho intramolecular Hbond substituents is 1. The molecule has 0 bridgehead atoms. The smallest absolute Gasteiger partial charge is 0.152 e. The summed E-state index contributed by atoms with van der Waals surface area (Å²) in [7, 11) is 0. The van der Waals surface area contributed by atoms with Crippen LogP contribution in [0.4, 0.5) is 0 Å². The average molecular weight is 203 g/mol. The van der Waals surface area contributed by atoms with Gasteiger partial charge in [-0.3, -0.25) is 0 Å². The molecule has 1 nitrogen and oxygen atoms in total. The molecular weight excluding hydrogens is 195 g/mol. The minimum Gasteiger partial charge on any atom is -0.505 e. The van der Waals surface area contributed by atoms with Crippen molar-refractivity contribution in [3.8, 4) is 5.75 Å². The monoisotopic (exact) mass is 202 g/mol. The van der Waals surface area contributed by atoms with E-state index < -0.39 is 0 Å². The van der Waals surface area contributed by atoms with Crippen LogP contribution < -0.4 is 0 Å². The lowest BCUT2D eigenvalue weighted by Crippen LogP contribution is -1.75. The van der Waals surface area contributed by atoms with Crippen LogP contribution in [0.1, 0.15) is 12.5 Å². The van der Waals surface area contributed by atoms with Crippen LogP contribution in [0.15, 0.2) is 18.2 Å². The molecule has 0 amide bonds. The summed E-state index contributed by atoms with van der Waals surface area (Å²) < 4.78 is 0. The van der Waals surface area contributed by atoms with Gasteiger partial charge >= 0.3 is 0 Å². The summed E-state index contributed by atoms with van der Waals surface area (Å²) >= 11 is 11.4. The van der Waals surface area contributed by atoms with E-state index in [1.165, 1.54) is 0 Å². The zero-order valence-electron chi connectivity index (χ0n) is 6.51. The highest BCUT2D eigenvalue weighted by Crippen LogP contribution is 2.32. The van der Waals surface area contributed by atoms with Gasteiger partial charge in [0.25, 0.3) is 0 Å². The minimum absolute atomic E-state index is 0.0633. The van der Waals surface area contributed by atoms with Crippen molar-refractivity contribution in [3.63, 3.8) is 0 Å². The molecule has 3 heteroatoms. The first-order chi connectivity index (χ1) is 5.65. The van der Waals surface area contributed by atoms with E-state index in [0.717, 1.165) is 5.56 Å². The van der Waals surface area contributed by atoms with Crippen molar-refractivity contribution in [3.05, 3.63) is 33.8 Å². The standard InChI is InChI=1S/C9H8Cl2O/c1-2-3-6-4-7(10)9(12)8(11)5-6/h2-5,12H,1H3. The van der Waals surface area contributed by atoms with E-state index >= 15 is 0 Å². The third kappa shape index (κ3) is 1.93. The summed E-state index contributed by atoms with van der Waals surface area (Å²) in [4.78, 5) is 0. The second-order valence-corrected chi connectivity index (χ2v) is 3.15. The molecule has 1 N–H and O–H groups in total. The van der Waals surface area contributed by atoms with Crippen molar-refractivity contribution in [1.29, 1.82) is 0 Å². The lowest BCUT2D eigenvalue weighted by molar-refractivity contribution is 0.476. The van der Waals surface area contributed by atoms with E-state index in [4.69, 9.17) is 23.2 Å². The highest BCUT2D eigenvalue weighted by atomic mass is 35.5. The van der Waals surface area contributed by atoms with Gasteiger partial charge in [-0.2, -0.15) is 0 Å². The number of aromatic hydroxyl groups is 1. The summed E-state index contributed by atoms with van der Waals surface area (Å²) in [6.45, 7) is 1.90. The predicted molar refractivity (Wildman–Crippen MR) is 52.8 cm³/mol. The van der Waals surface area contributed by atoms with Crippen molar-refractivity contribution < 1.29 is 5.11 Å². The van der Waals surface area contributed by atoms with Crippen molar-refractivity contribution >= 4 is 29.3 Å². The third-order valence-electron chi connectivity index (χ3n) is 1.40. The fraction of sp³-hybridized carbons (Fsp3) is 0.111. The molecule has 0 heterocycles. The molecule has 0 aliphatic rings. The van der Waals surface area contributed by atoms with Gasteiger partial charge in [0.1, 0.15) is 0 Å². The molecule has 0 unspecified atom stereocenters. The topological polar surface area (TPSA) is 20.2 Å². The van der Waals surface area contributed by atoms with Gasteiger partial charge < -0.3 is 5.11 Å². The second kappa shape index (κ2) is 3.83. The first kappa shape index (κ1) is 9.43. The maximum absolute atomic E-state index is 9.21. The lowest BCUT2D eigenvalue weighted by Gasteiger charge is -2.00. The van der Waals surface area contributed by atoms with Gasteiger partial charge in [0.2, 0.25) is 0 Å². The number of rotatable bonds is 1. The lowest BCUT2D eigenvalue weighted by atomic mass is 10.2. The van der Waals surface area contributed by atoms with E-state index in [1.54, 1.807) is 12.1 Å². The molecule has 1 aromatic carbocycles. The van der Waals surface area contributed by atoms with Gasteiger partial charge in [-0.1, -0.05) is 35.4 Å². The van der Waals surface area contributed by atoms with Crippen molar-refractivity contribution in [2.24, 2.45) is 0 Å². The van der Waals surface area contributed by atoms with Gasteiger partial charge in [-0.25, -0.2) is 0 Å². The fourth-order valence-corrected chi connectivity index (χ4v) is 1.38. The number of allylic oxidation sites excluding steroid dienone is 1. The normalized spacial score (nSPS) is 10.9. The third-order valence-corrected chi connectivity index (χ3v) is 1.97. The molecule has 0 spiro atoms. The Labute approximate surface area is 81.2 Å². The zero-order valence-corrected chi connectivity index (χ0v) is 8.02. The molecule has 0 aliphatic heterocycles. The Morgan fingerprint density at radius 2 is 1.75 bits per heavy atom. The van der Waals surface area contributed by atoms with Crippen LogP contribution in [-0.4, -0.2) is 5.11 Å². The van der Waals surface area contributed by atoms with Gasteiger partial charge in [0, 0.05) is 0 Å². The Bertz CT molecular complexity index is 295. The quantitative estimate of drug-likeness (QED) is 0.737. The van der Waals surface area contributed by atoms with Crippen LogP contribution in [0, 0.1) is 0 Å². The number of hydrogen-bond donors (Lipinski definition) is 1. The van der Waals surface area contributed by atoms with Gasteiger partial charge in [0.05, 0.1) is 10.0 Å². The largest absolute Gasteiger partial charge is 0.505 e. The molecule has 1 aromatic rings. The van der Waals surface area contributed by atoms with E-state index in [9.17, 15) is 5.11 Å². The number of phenols is 1. The molecule has 0 radical (unpaired) electrons. The first-order valence-electron chi connectivity index (χ1n) is 3.46. The molecule has 0 atom stereocenters. The molecule has 0 saturated carbocycles. The summed E-state index contributed by atoms with van der Waals surface area (Å²) in [5, 5.41) is 9.76. The molecule has 0 aromatic heterocycles. The van der Waals surface area contributed by atoms with E-state index in [-0.39, 0.29) is 15.8 Å². The Hall–Kier alpha value is -0.660. The fourth-order valence-electron chi connectivity index (χ4n) is 0.874. The summed E-state index contributed by atoms with van der Waals surface area (Å²) in [5.74, 6) is -0.0633. The number of hydrogen-bond acceptors (Lipinski definition) is 1. The van der Waals surface area contributed by atoms with Gasteiger partial charge in [0.15, 0.2) is 5.75 Å². The van der Waals surface area contributed by atoms with Crippen LogP contribution in [0.2, 0.25) is 10.0 Å². The maximum atomic E-state index is 9.21. The first-order valence-corrected chi connectivity index (χ1v) is 4.21. The van der Waals surface area contributed by atoms with Crippen LogP contribution in [0.25, 0.3) is 6.08 Å². The number of halogens is 2. The molecule has 12 heavy (non-hydrogen) atoms. The van der Waals surface area contributed by atoms with E-state index in [1.807, 2.05) is 19.1 Å². The van der Waals surface area contributed by atoms with Gasteiger partial charge in [-0.05, 0) is 24.6 Å². The van der Waals surface area contributed by atoms with Crippen molar-refractivity contribution in [1.82, 2.24) is 0 Å². The van der Waals surface area contributed by atoms with Crippen LogP contribution in [-0.2, 0) is 0 Å². The number of benzene rings is 1. The molecule has 0 saturated heterocycles. The molecule has 64 valence electrons. The van der Waals surface area contributed by atoms with E-state index in [2.05, 4.69) is 0 Å². The summed E-state index contributed by atoms with van der Waals surface area (Å²) in [5.41, 5.74) is 0.880. The predicted octanol–water partition coefficient (Wildman–Crippen LogP) is 3.73. The van der Waals surface area contributed by atoms with Crippen LogP contribution in [0.3, 0.4) is 0 Å². The Morgan fingerprint density at radius 3 is 2.17 bits per heavy atom. The maximum Gasteiger partial charge on any atom is 0.152 e.